The predicted molar refractivity (Wildman–Crippen MR) is 49.5 cm³/mol. The largest absolute Gasteiger partial charge is 0.264 e. The molecule has 0 atom stereocenters. The summed E-state index contributed by atoms with van der Waals surface area (Å²) < 4.78 is 4.11. The molecule has 0 saturated carbocycles. The monoisotopic (exact) mass is 174 g/mol. The number of pyridine rings is 1. The van der Waals surface area contributed by atoms with Crippen LogP contribution in [0.3, 0.4) is 0 Å². The maximum absolute atomic E-state index is 4.06. The smallest absolute Gasteiger partial charge is 0.195 e. The molecule has 0 amide bonds. The molecule has 0 spiro atoms. The Balaban J connectivity index is 2.59. The minimum atomic E-state index is 1.17. The SMILES string of the molecule is Cc1cnccc1-n1ccc[n+]1C. The normalized spacial score (nSPS) is 10.3. The molecule has 0 unspecified atom stereocenters. The molecule has 2 aromatic rings. The Kier molecular flexibility index (Phi) is 1.85. The van der Waals surface area contributed by atoms with Crippen molar-refractivity contribution in [1.82, 2.24) is 9.67 Å². The Morgan fingerprint density at radius 2 is 2.31 bits per heavy atom. The maximum Gasteiger partial charge on any atom is 0.195 e. The highest BCUT2D eigenvalue weighted by Crippen LogP contribution is 2.08. The molecule has 0 bridgehead atoms. The van der Waals surface area contributed by atoms with Gasteiger partial charge in [0.15, 0.2) is 13.2 Å². The van der Waals surface area contributed by atoms with Crippen LogP contribution in [-0.2, 0) is 7.05 Å². The number of aryl methyl sites for hydroxylation is 2. The molecule has 13 heavy (non-hydrogen) atoms. The molecule has 0 radical (unpaired) electrons. The van der Waals surface area contributed by atoms with E-state index in [9.17, 15) is 0 Å². The molecule has 0 fully saturated rings. The standard InChI is InChI=1S/C10H12N3/c1-9-8-11-5-4-10(9)13-7-3-6-12(13)2/h3-8H,1-2H3/q+1. The molecule has 2 rings (SSSR count). The first-order valence-electron chi connectivity index (χ1n) is 4.23. The molecule has 2 aromatic heterocycles. The highest BCUT2D eigenvalue weighted by Gasteiger charge is 2.06. The number of hydrogen-bond donors (Lipinski definition) is 0. The van der Waals surface area contributed by atoms with Gasteiger partial charge in [-0.15, -0.1) is 9.36 Å². The minimum Gasteiger partial charge on any atom is -0.264 e. The summed E-state index contributed by atoms with van der Waals surface area (Å²) in [6.07, 6.45) is 7.72. The third-order valence-corrected chi connectivity index (χ3v) is 2.11. The first-order chi connectivity index (χ1) is 6.29. The number of hydrogen-bond acceptors (Lipinski definition) is 1. The van der Waals surface area contributed by atoms with Gasteiger partial charge in [-0.05, 0) is 18.6 Å². The second-order valence-electron chi connectivity index (χ2n) is 3.07. The molecule has 2 heterocycles. The van der Waals surface area contributed by atoms with Gasteiger partial charge in [0, 0.05) is 18.5 Å². The van der Waals surface area contributed by atoms with Crippen molar-refractivity contribution in [2.75, 3.05) is 0 Å². The van der Waals surface area contributed by atoms with Gasteiger partial charge in [-0.2, -0.15) is 0 Å². The quantitative estimate of drug-likeness (QED) is 0.591. The fraction of sp³-hybridized carbons (Fsp3) is 0.200. The van der Waals surface area contributed by atoms with E-state index in [0.717, 1.165) is 0 Å². The molecular formula is C10H12N3+. The molecule has 0 N–H and O–H groups in total. The van der Waals surface area contributed by atoms with Gasteiger partial charge < -0.3 is 0 Å². The van der Waals surface area contributed by atoms with E-state index in [2.05, 4.69) is 16.6 Å². The van der Waals surface area contributed by atoms with Gasteiger partial charge in [-0.3, -0.25) is 4.98 Å². The summed E-state index contributed by atoms with van der Waals surface area (Å²) in [5, 5.41) is 0. The highest BCUT2D eigenvalue weighted by molar-refractivity contribution is 5.35. The van der Waals surface area contributed by atoms with Gasteiger partial charge in [0.1, 0.15) is 5.69 Å². The molecule has 0 aliphatic carbocycles. The van der Waals surface area contributed by atoms with Crippen LogP contribution in [0.2, 0.25) is 0 Å². The lowest BCUT2D eigenvalue weighted by molar-refractivity contribution is -0.744. The summed E-state index contributed by atoms with van der Waals surface area (Å²) in [7, 11) is 2.01. The van der Waals surface area contributed by atoms with Crippen molar-refractivity contribution in [3.05, 3.63) is 42.5 Å². The minimum absolute atomic E-state index is 1.17. The van der Waals surface area contributed by atoms with Gasteiger partial charge in [0.25, 0.3) is 0 Å². The summed E-state index contributed by atoms with van der Waals surface area (Å²) in [5.74, 6) is 0. The zero-order chi connectivity index (χ0) is 9.26. The Labute approximate surface area is 77.3 Å². The Hall–Kier alpha value is -1.64. The van der Waals surface area contributed by atoms with E-state index >= 15 is 0 Å². The maximum atomic E-state index is 4.06. The molecule has 3 heteroatoms. The summed E-state index contributed by atoms with van der Waals surface area (Å²) in [6.45, 7) is 2.06. The van der Waals surface area contributed by atoms with E-state index in [1.165, 1.54) is 11.3 Å². The van der Waals surface area contributed by atoms with Crippen LogP contribution < -0.4 is 4.68 Å². The first-order valence-corrected chi connectivity index (χ1v) is 4.23. The highest BCUT2D eigenvalue weighted by atomic mass is 15.4. The summed E-state index contributed by atoms with van der Waals surface area (Å²) in [5.41, 5.74) is 2.34. The third kappa shape index (κ3) is 1.33. The van der Waals surface area contributed by atoms with E-state index in [0.29, 0.717) is 0 Å². The number of nitrogens with zero attached hydrogens (tertiary/aromatic N) is 3. The van der Waals surface area contributed by atoms with Crippen molar-refractivity contribution < 1.29 is 4.68 Å². The lowest BCUT2D eigenvalue weighted by Gasteiger charge is -2.02. The third-order valence-electron chi connectivity index (χ3n) is 2.11. The Morgan fingerprint density at radius 1 is 1.46 bits per heavy atom. The van der Waals surface area contributed by atoms with Gasteiger partial charge in [0.05, 0.1) is 6.20 Å². The lowest BCUT2D eigenvalue weighted by Crippen LogP contribution is -2.36. The molecule has 3 nitrogen and oxygen atoms in total. The van der Waals surface area contributed by atoms with Crippen molar-refractivity contribution in [3.63, 3.8) is 0 Å². The van der Waals surface area contributed by atoms with Crippen molar-refractivity contribution in [3.8, 4) is 5.69 Å². The average molecular weight is 174 g/mol. The predicted octanol–water partition coefficient (Wildman–Crippen LogP) is 1.01. The summed E-state index contributed by atoms with van der Waals surface area (Å²) >= 11 is 0. The van der Waals surface area contributed by atoms with Crippen LogP contribution in [0.1, 0.15) is 5.56 Å². The van der Waals surface area contributed by atoms with E-state index in [-0.39, 0.29) is 0 Å². The van der Waals surface area contributed by atoms with Crippen molar-refractivity contribution in [2.24, 2.45) is 7.05 Å². The lowest BCUT2D eigenvalue weighted by atomic mass is 10.3. The molecule has 0 aliphatic heterocycles. The van der Waals surface area contributed by atoms with Gasteiger partial charge in [-0.25, -0.2) is 0 Å². The van der Waals surface area contributed by atoms with Crippen LogP contribution in [-0.4, -0.2) is 9.67 Å². The second kappa shape index (κ2) is 3.01. The van der Waals surface area contributed by atoms with Crippen molar-refractivity contribution in [1.29, 1.82) is 0 Å². The fourth-order valence-electron chi connectivity index (χ4n) is 1.39. The Morgan fingerprint density at radius 3 is 2.92 bits per heavy atom. The van der Waals surface area contributed by atoms with Crippen LogP contribution >= 0.6 is 0 Å². The second-order valence-corrected chi connectivity index (χ2v) is 3.07. The van der Waals surface area contributed by atoms with Crippen LogP contribution in [0.25, 0.3) is 5.69 Å². The van der Waals surface area contributed by atoms with E-state index < -0.39 is 0 Å². The van der Waals surface area contributed by atoms with E-state index in [4.69, 9.17) is 0 Å². The van der Waals surface area contributed by atoms with Crippen LogP contribution in [0.4, 0.5) is 0 Å². The van der Waals surface area contributed by atoms with E-state index in [1.807, 2.05) is 48.6 Å². The van der Waals surface area contributed by atoms with Crippen LogP contribution in [0.5, 0.6) is 0 Å². The molecule has 0 aromatic carbocycles. The zero-order valence-electron chi connectivity index (χ0n) is 7.81. The zero-order valence-corrected chi connectivity index (χ0v) is 7.81. The molecule has 0 aliphatic rings. The van der Waals surface area contributed by atoms with Gasteiger partial charge >= 0.3 is 0 Å². The molecule has 0 saturated heterocycles. The van der Waals surface area contributed by atoms with Gasteiger partial charge in [0.2, 0.25) is 0 Å². The first kappa shape index (κ1) is 7.98. The molecular weight excluding hydrogens is 162 g/mol. The van der Waals surface area contributed by atoms with Crippen LogP contribution in [0, 0.1) is 6.92 Å². The summed E-state index contributed by atoms with van der Waals surface area (Å²) in [4.78, 5) is 4.06. The van der Waals surface area contributed by atoms with Crippen molar-refractivity contribution in [2.45, 2.75) is 6.92 Å². The van der Waals surface area contributed by atoms with Gasteiger partial charge in [-0.1, -0.05) is 0 Å². The average Bonchev–Trinajstić information content (AvgIpc) is 2.52. The topological polar surface area (TPSA) is 21.7 Å². The number of rotatable bonds is 1. The fourth-order valence-corrected chi connectivity index (χ4v) is 1.39. The van der Waals surface area contributed by atoms with Crippen molar-refractivity contribution >= 4 is 0 Å². The van der Waals surface area contributed by atoms with E-state index in [1.54, 1.807) is 0 Å². The van der Waals surface area contributed by atoms with Crippen LogP contribution in [0.15, 0.2) is 36.9 Å². The summed E-state index contributed by atoms with van der Waals surface area (Å²) in [6, 6.07) is 4.02. The number of aromatic nitrogens is 3. The Bertz CT molecular complexity index is 418. The molecule has 66 valence electrons.